The molecule has 0 atom stereocenters. The van der Waals surface area contributed by atoms with Gasteiger partial charge in [0.2, 0.25) is 0 Å². The number of aryl methyl sites for hydroxylation is 1. The molecule has 1 fully saturated rings. The second-order valence-electron chi connectivity index (χ2n) is 8.79. The van der Waals surface area contributed by atoms with Crippen molar-refractivity contribution in [2.45, 2.75) is 78.2 Å². The van der Waals surface area contributed by atoms with Crippen LogP contribution < -0.4 is 39.6 Å². The normalized spacial score (nSPS) is 21.4. The van der Waals surface area contributed by atoms with Crippen molar-refractivity contribution in [3.8, 4) is 0 Å². The van der Waals surface area contributed by atoms with Crippen LogP contribution in [0.2, 0.25) is 0 Å². The average molecular weight is 457 g/mol. The Morgan fingerprint density at radius 3 is 2.57 bits per heavy atom. The minimum absolute atomic E-state index is 0. The number of aliphatic carboxylic acids is 1. The third-order valence-corrected chi connectivity index (χ3v) is 8.53. The number of carboxylic acid groups (broad SMARTS) is 1. The third-order valence-electron chi connectivity index (χ3n) is 6.64. The number of hydrogen-bond donors (Lipinski definition) is 0. The van der Waals surface area contributed by atoms with Gasteiger partial charge in [0.15, 0.2) is 5.13 Å². The zero-order valence-electron chi connectivity index (χ0n) is 19.1. The number of hydrogen-bond acceptors (Lipinski definition) is 6. The van der Waals surface area contributed by atoms with Crippen molar-refractivity contribution in [2.24, 2.45) is 11.8 Å². The van der Waals surface area contributed by atoms with Gasteiger partial charge in [0.05, 0.1) is 12.2 Å². The van der Waals surface area contributed by atoms with Crippen molar-refractivity contribution in [1.29, 1.82) is 0 Å². The van der Waals surface area contributed by atoms with Crippen molar-refractivity contribution < 1.29 is 39.5 Å². The summed E-state index contributed by atoms with van der Waals surface area (Å²) in [6.07, 6.45) is 6.11. The number of carbonyl (C=O) groups is 1. The molecule has 1 aliphatic rings. The maximum absolute atomic E-state index is 11.1. The molecule has 1 saturated carbocycles. The summed E-state index contributed by atoms with van der Waals surface area (Å²) in [7, 11) is 0. The first kappa shape index (κ1) is 25.9. The molecular weight excluding hydrogens is 423 g/mol. The van der Waals surface area contributed by atoms with Gasteiger partial charge < -0.3 is 14.8 Å². The van der Waals surface area contributed by atoms with Gasteiger partial charge in [-0.1, -0.05) is 20.8 Å². The quantitative estimate of drug-likeness (QED) is 0.543. The van der Waals surface area contributed by atoms with E-state index in [4.69, 9.17) is 4.98 Å². The fourth-order valence-electron chi connectivity index (χ4n) is 4.53. The van der Waals surface area contributed by atoms with E-state index >= 15 is 0 Å². The summed E-state index contributed by atoms with van der Waals surface area (Å²) in [5.41, 5.74) is 1.39. The Kier molecular flexibility index (Phi) is 9.88. The Morgan fingerprint density at radius 2 is 2.03 bits per heavy atom. The van der Waals surface area contributed by atoms with Gasteiger partial charge in [-0.05, 0) is 63.0 Å². The van der Waals surface area contributed by atoms with E-state index in [0.29, 0.717) is 13.1 Å². The standard InChI is InChI=1S/C23H34N2O2S2.Na/c1-5-23(11-8-18(9-12-23)16(2)3)20-15-28-22(24-20)25(13-10-21(26)27)14-19-7-6-17(4)29-19;/h6-7,15-16,18H,5,8-14H2,1-4H3,(H,26,27);/q;+1/p-1. The number of nitrogens with zero attached hydrogens (tertiary/aromatic N) is 2. The molecule has 30 heavy (non-hydrogen) atoms. The molecule has 2 heterocycles. The Balaban J connectivity index is 0.00000320. The van der Waals surface area contributed by atoms with E-state index in [1.165, 1.54) is 41.1 Å². The smallest absolute Gasteiger partial charge is 0.550 e. The second kappa shape index (κ2) is 11.5. The van der Waals surface area contributed by atoms with Gasteiger partial charge in [0.25, 0.3) is 0 Å². The molecule has 2 aromatic rings. The summed E-state index contributed by atoms with van der Waals surface area (Å²) in [6.45, 7) is 10.2. The first-order valence-corrected chi connectivity index (χ1v) is 12.5. The minimum atomic E-state index is -1.01. The maximum atomic E-state index is 11.1. The number of anilines is 1. The summed E-state index contributed by atoms with van der Waals surface area (Å²) in [5, 5.41) is 14.2. The van der Waals surface area contributed by atoms with Crippen LogP contribution in [0.1, 0.15) is 74.7 Å². The summed E-state index contributed by atoms with van der Waals surface area (Å²) < 4.78 is 0. The van der Waals surface area contributed by atoms with Crippen LogP contribution in [0.15, 0.2) is 17.5 Å². The first-order chi connectivity index (χ1) is 13.8. The molecule has 2 aromatic heterocycles. The van der Waals surface area contributed by atoms with Gasteiger partial charge in [-0.2, -0.15) is 0 Å². The fraction of sp³-hybridized carbons (Fsp3) is 0.652. The number of thiophene rings is 1. The number of carboxylic acids is 1. The Labute approximate surface area is 211 Å². The zero-order chi connectivity index (χ0) is 21.0. The second-order valence-corrected chi connectivity index (χ2v) is 11.0. The van der Waals surface area contributed by atoms with Gasteiger partial charge in [-0.25, -0.2) is 4.98 Å². The van der Waals surface area contributed by atoms with Crippen LogP contribution in [0, 0.1) is 18.8 Å². The molecule has 0 spiro atoms. The first-order valence-electron chi connectivity index (χ1n) is 10.8. The Morgan fingerprint density at radius 1 is 1.33 bits per heavy atom. The average Bonchev–Trinajstić information content (AvgIpc) is 3.34. The third kappa shape index (κ3) is 6.32. The maximum Gasteiger partial charge on any atom is 1.00 e. The van der Waals surface area contributed by atoms with E-state index < -0.39 is 5.97 Å². The van der Waals surface area contributed by atoms with E-state index in [0.717, 1.165) is 23.4 Å². The van der Waals surface area contributed by atoms with E-state index in [9.17, 15) is 9.90 Å². The summed E-state index contributed by atoms with van der Waals surface area (Å²) >= 11 is 3.41. The van der Waals surface area contributed by atoms with Crippen molar-refractivity contribution in [2.75, 3.05) is 11.4 Å². The van der Waals surface area contributed by atoms with Crippen molar-refractivity contribution >= 4 is 33.8 Å². The summed E-state index contributed by atoms with van der Waals surface area (Å²) in [5.74, 6) is 0.575. The topological polar surface area (TPSA) is 56.3 Å². The van der Waals surface area contributed by atoms with Gasteiger partial charge in [0.1, 0.15) is 0 Å². The monoisotopic (exact) mass is 456 g/mol. The van der Waals surface area contributed by atoms with E-state index in [-0.39, 0.29) is 41.4 Å². The molecule has 4 nitrogen and oxygen atoms in total. The van der Waals surface area contributed by atoms with Crippen LogP contribution in [0.25, 0.3) is 0 Å². The molecule has 0 saturated heterocycles. The van der Waals surface area contributed by atoms with Gasteiger partial charge in [-0.15, -0.1) is 22.7 Å². The summed E-state index contributed by atoms with van der Waals surface area (Å²) in [6, 6.07) is 4.24. The Hall–Kier alpha value is -0.400. The molecule has 0 radical (unpaired) electrons. The largest absolute Gasteiger partial charge is 1.00 e. The van der Waals surface area contributed by atoms with E-state index in [1.807, 2.05) is 0 Å². The van der Waals surface area contributed by atoms with Crippen LogP contribution in [0.4, 0.5) is 5.13 Å². The zero-order valence-corrected chi connectivity index (χ0v) is 22.7. The molecule has 0 unspecified atom stereocenters. The minimum Gasteiger partial charge on any atom is -0.550 e. The fourth-order valence-corrected chi connectivity index (χ4v) is 6.41. The van der Waals surface area contributed by atoms with Crippen molar-refractivity contribution in [3.05, 3.63) is 33.0 Å². The molecule has 160 valence electrons. The predicted octanol–water partition coefficient (Wildman–Crippen LogP) is 2.16. The van der Waals surface area contributed by atoms with Crippen LogP contribution in [-0.4, -0.2) is 17.5 Å². The molecule has 0 aliphatic heterocycles. The molecule has 0 aromatic carbocycles. The van der Waals surface area contributed by atoms with Crippen LogP contribution in [0.5, 0.6) is 0 Å². The number of rotatable bonds is 9. The van der Waals surface area contributed by atoms with Gasteiger partial charge in [-0.3, -0.25) is 0 Å². The van der Waals surface area contributed by atoms with Crippen molar-refractivity contribution in [3.63, 3.8) is 0 Å². The number of aromatic nitrogens is 1. The number of carbonyl (C=O) groups excluding carboxylic acids is 1. The molecule has 0 bridgehead atoms. The Bertz CT molecular complexity index is 810. The molecular formula is C23H33N2NaO2S2. The van der Waals surface area contributed by atoms with Crippen LogP contribution >= 0.6 is 22.7 Å². The SMILES string of the molecule is CCC1(c2csc(N(CCC(=O)[O-])Cc3ccc(C)s3)n2)CCC(C(C)C)CC1.[Na+]. The predicted molar refractivity (Wildman–Crippen MR) is 121 cm³/mol. The van der Waals surface area contributed by atoms with Gasteiger partial charge in [0, 0.05) is 39.5 Å². The van der Waals surface area contributed by atoms with Crippen LogP contribution in [-0.2, 0) is 16.8 Å². The molecule has 7 heteroatoms. The summed E-state index contributed by atoms with van der Waals surface area (Å²) in [4.78, 5) is 20.8. The molecule has 0 N–H and O–H groups in total. The van der Waals surface area contributed by atoms with E-state index in [2.05, 4.69) is 50.1 Å². The molecule has 1 aliphatic carbocycles. The number of thiazole rings is 1. The van der Waals surface area contributed by atoms with Crippen molar-refractivity contribution in [1.82, 2.24) is 4.98 Å². The molecule has 0 amide bonds. The van der Waals surface area contributed by atoms with E-state index in [1.54, 1.807) is 22.7 Å². The van der Waals surface area contributed by atoms with Crippen LogP contribution in [0.3, 0.4) is 0 Å². The van der Waals surface area contributed by atoms with Gasteiger partial charge >= 0.3 is 29.6 Å². The molecule has 3 rings (SSSR count).